The van der Waals surface area contributed by atoms with Gasteiger partial charge in [-0.3, -0.25) is 0 Å². The van der Waals surface area contributed by atoms with Gasteiger partial charge in [0.15, 0.2) is 0 Å². The highest BCUT2D eigenvalue weighted by Gasteiger charge is 2.32. The van der Waals surface area contributed by atoms with Crippen LogP contribution in [0.25, 0.3) is 0 Å². The number of nitrogens with two attached hydrogens (primary N) is 1. The zero-order valence-corrected chi connectivity index (χ0v) is 9.25. The highest BCUT2D eigenvalue weighted by atomic mass is 35.5. The molecule has 0 spiro atoms. The Labute approximate surface area is 92.9 Å². The van der Waals surface area contributed by atoms with E-state index in [1.807, 2.05) is 0 Å². The topological polar surface area (TPSA) is 26.0 Å². The Morgan fingerprint density at radius 2 is 1.80 bits per heavy atom. The van der Waals surface area contributed by atoms with Crippen molar-refractivity contribution < 1.29 is 13.2 Å². The van der Waals surface area contributed by atoms with E-state index in [1.165, 1.54) is 13.0 Å². The van der Waals surface area contributed by atoms with Gasteiger partial charge in [0.1, 0.15) is 0 Å². The van der Waals surface area contributed by atoms with E-state index in [2.05, 4.69) is 0 Å². The van der Waals surface area contributed by atoms with Crippen molar-refractivity contribution in [3.63, 3.8) is 0 Å². The van der Waals surface area contributed by atoms with Crippen molar-refractivity contribution in [1.29, 1.82) is 0 Å². The number of hydrogen-bond acceptors (Lipinski definition) is 1. The summed E-state index contributed by atoms with van der Waals surface area (Å²) >= 11 is 0. The molecule has 0 heterocycles. The van der Waals surface area contributed by atoms with Crippen LogP contribution in [0.1, 0.15) is 29.7 Å². The molecule has 1 nitrogen and oxygen atoms in total. The molecular formula is C10H13ClF3N. The second kappa shape index (κ2) is 4.86. The first-order valence-electron chi connectivity index (χ1n) is 4.26. The van der Waals surface area contributed by atoms with Gasteiger partial charge < -0.3 is 5.73 Å². The van der Waals surface area contributed by atoms with Crippen molar-refractivity contribution in [1.82, 2.24) is 0 Å². The van der Waals surface area contributed by atoms with Crippen LogP contribution in [0.3, 0.4) is 0 Å². The molecule has 0 saturated carbocycles. The lowest BCUT2D eigenvalue weighted by Gasteiger charge is -2.15. The molecule has 0 aliphatic heterocycles. The van der Waals surface area contributed by atoms with Crippen molar-refractivity contribution in [2.24, 2.45) is 5.73 Å². The van der Waals surface area contributed by atoms with Crippen LogP contribution >= 0.6 is 12.4 Å². The van der Waals surface area contributed by atoms with Crippen LogP contribution in [-0.4, -0.2) is 0 Å². The molecule has 0 unspecified atom stereocenters. The minimum absolute atomic E-state index is 0. The van der Waals surface area contributed by atoms with Gasteiger partial charge in [-0.05, 0) is 31.0 Å². The zero-order valence-electron chi connectivity index (χ0n) is 8.43. The Morgan fingerprint density at radius 1 is 1.27 bits per heavy atom. The summed E-state index contributed by atoms with van der Waals surface area (Å²) in [6.07, 6.45) is -4.30. The average molecular weight is 240 g/mol. The summed E-state index contributed by atoms with van der Waals surface area (Å²) in [7, 11) is 0. The Bertz CT molecular complexity index is 334. The van der Waals surface area contributed by atoms with Crippen LogP contribution in [0.5, 0.6) is 0 Å². The lowest BCUT2D eigenvalue weighted by atomic mass is 9.98. The molecule has 0 aromatic heterocycles. The Kier molecular flexibility index (Phi) is 4.62. The van der Waals surface area contributed by atoms with Crippen LogP contribution in [0, 0.1) is 6.92 Å². The molecule has 0 aliphatic rings. The first kappa shape index (κ1) is 14.3. The van der Waals surface area contributed by atoms with Crippen LogP contribution in [0.2, 0.25) is 0 Å². The van der Waals surface area contributed by atoms with Crippen molar-refractivity contribution in [3.05, 3.63) is 34.9 Å². The molecule has 0 saturated heterocycles. The van der Waals surface area contributed by atoms with Gasteiger partial charge in [-0.25, -0.2) is 0 Å². The Hall–Kier alpha value is -0.740. The molecule has 0 fully saturated rings. The van der Waals surface area contributed by atoms with E-state index in [0.717, 1.165) is 6.07 Å². The largest absolute Gasteiger partial charge is 0.416 e. The van der Waals surface area contributed by atoms with E-state index in [1.54, 1.807) is 13.0 Å². The fourth-order valence-corrected chi connectivity index (χ4v) is 1.45. The summed E-state index contributed by atoms with van der Waals surface area (Å²) in [4.78, 5) is 0. The lowest BCUT2D eigenvalue weighted by Crippen LogP contribution is -2.13. The SMILES string of the molecule is Cc1c([C@@H](C)N)cccc1C(F)(F)F.Cl. The highest BCUT2D eigenvalue weighted by molar-refractivity contribution is 5.85. The lowest BCUT2D eigenvalue weighted by molar-refractivity contribution is -0.138. The molecule has 15 heavy (non-hydrogen) atoms. The van der Waals surface area contributed by atoms with Crippen LogP contribution in [0.15, 0.2) is 18.2 Å². The Morgan fingerprint density at radius 3 is 2.20 bits per heavy atom. The van der Waals surface area contributed by atoms with E-state index < -0.39 is 11.7 Å². The average Bonchev–Trinajstić information content (AvgIpc) is 2.01. The number of hydrogen-bond donors (Lipinski definition) is 1. The molecule has 5 heteroatoms. The van der Waals surface area contributed by atoms with Gasteiger partial charge in [-0.1, -0.05) is 12.1 Å². The molecule has 1 atom stereocenters. The molecular weight excluding hydrogens is 227 g/mol. The van der Waals surface area contributed by atoms with Crippen LogP contribution in [0.4, 0.5) is 13.2 Å². The number of benzene rings is 1. The first-order valence-corrected chi connectivity index (χ1v) is 4.26. The monoisotopic (exact) mass is 239 g/mol. The predicted molar refractivity (Wildman–Crippen MR) is 56.0 cm³/mol. The maximum atomic E-state index is 12.5. The molecule has 0 radical (unpaired) electrons. The number of halogens is 4. The van der Waals surface area contributed by atoms with Gasteiger partial charge in [0.05, 0.1) is 5.56 Å². The summed E-state index contributed by atoms with van der Waals surface area (Å²) < 4.78 is 37.4. The van der Waals surface area contributed by atoms with E-state index >= 15 is 0 Å². The smallest absolute Gasteiger partial charge is 0.324 e. The molecule has 1 rings (SSSR count). The Balaban J connectivity index is 0.00000196. The minimum atomic E-state index is -4.30. The first-order chi connectivity index (χ1) is 6.34. The van der Waals surface area contributed by atoms with E-state index in [-0.39, 0.29) is 24.0 Å². The van der Waals surface area contributed by atoms with Gasteiger partial charge in [0.2, 0.25) is 0 Å². The van der Waals surface area contributed by atoms with E-state index in [4.69, 9.17) is 5.73 Å². The molecule has 2 N–H and O–H groups in total. The second-order valence-electron chi connectivity index (χ2n) is 3.31. The molecule has 0 bridgehead atoms. The number of alkyl halides is 3. The maximum Gasteiger partial charge on any atom is 0.416 e. The predicted octanol–water partition coefficient (Wildman–Crippen LogP) is 3.46. The van der Waals surface area contributed by atoms with Gasteiger partial charge in [0, 0.05) is 6.04 Å². The van der Waals surface area contributed by atoms with Crippen molar-refractivity contribution in [3.8, 4) is 0 Å². The van der Waals surface area contributed by atoms with Crippen molar-refractivity contribution in [2.45, 2.75) is 26.1 Å². The van der Waals surface area contributed by atoms with Gasteiger partial charge in [-0.15, -0.1) is 12.4 Å². The maximum absolute atomic E-state index is 12.5. The fraction of sp³-hybridized carbons (Fsp3) is 0.400. The summed E-state index contributed by atoms with van der Waals surface area (Å²) in [6.45, 7) is 3.12. The molecule has 1 aromatic rings. The highest BCUT2D eigenvalue weighted by Crippen LogP contribution is 2.33. The normalized spacial score (nSPS) is 13.2. The molecule has 0 aliphatic carbocycles. The van der Waals surface area contributed by atoms with Gasteiger partial charge in [-0.2, -0.15) is 13.2 Å². The van der Waals surface area contributed by atoms with Crippen molar-refractivity contribution in [2.75, 3.05) is 0 Å². The molecule has 86 valence electrons. The zero-order chi connectivity index (χ0) is 10.9. The summed E-state index contributed by atoms with van der Waals surface area (Å²) in [6, 6.07) is 3.70. The number of rotatable bonds is 1. The van der Waals surface area contributed by atoms with Crippen LogP contribution in [-0.2, 0) is 6.18 Å². The summed E-state index contributed by atoms with van der Waals surface area (Å²) in [5.41, 5.74) is 5.71. The third-order valence-electron chi connectivity index (χ3n) is 2.17. The third kappa shape index (κ3) is 3.11. The van der Waals surface area contributed by atoms with E-state index in [0.29, 0.717) is 5.56 Å². The summed E-state index contributed by atoms with van der Waals surface area (Å²) in [5, 5.41) is 0. The molecule has 1 aromatic carbocycles. The fourth-order valence-electron chi connectivity index (χ4n) is 1.45. The standard InChI is InChI=1S/C10H12F3N.ClH/c1-6-8(7(2)14)4-3-5-9(6)10(11,12)13;/h3-5,7H,14H2,1-2H3;1H/t7-;/m1./s1. The van der Waals surface area contributed by atoms with Gasteiger partial charge >= 0.3 is 6.18 Å². The summed E-state index contributed by atoms with van der Waals surface area (Å²) in [5.74, 6) is 0. The second-order valence-corrected chi connectivity index (χ2v) is 3.31. The minimum Gasteiger partial charge on any atom is -0.324 e. The van der Waals surface area contributed by atoms with E-state index in [9.17, 15) is 13.2 Å². The molecule has 0 amide bonds. The third-order valence-corrected chi connectivity index (χ3v) is 2.17. The quantitative estimate of drug-likeness (QED) is 0.798. The van der Waals surface area contributed by atoms with Crippen molar-refractivity contribution >= 4 is 12.4 Å². The van der Waals surface area contributed by atoms with Gasteiger partial charge in [0.25, 0.3) is 0 Å². The van der Waals surface area contributed by atoms with Crippen LogP contribution < -0.4 is 5.73 Å².